The normalized spacial score (nSPS) is 18.7. The molecule has 0 bridgehead atoms. The molecule has 2 rings (SSSR count). The van der Waals surface area contributed by atoms with Crippen molar-refractivity contribution in [3.63, 3.8) is 0 Å². The van der Waals surface area contributed by atoms with Crippen molar-refractivity contribution in [2.75, 3.05) is 19.8 Å². The molecule has 4 nitrogen and oxygen atoms in total. The molecule has 1 aliphatic rings. The molecule has 1 aromatic rings. The average molecular weight is 291 g/mol. The van der Waals surface area contributed by atoms with Crippen molar-refractivity contribution in [1.82, 2.24) is 5.32 Å². The number of nitrogens with one attached hydrogen (secondary N) is 1. The first-order valence-electron chi connectivity index (χ1n) is 6.89. The van der Waals surface area contributed by atoms with Gasteiger partial charge in [0.25, 0.3) is 5.91 Å². The van der Waals surface area contributed by atoms with Crippen molar-refractivity contribution in [2.24, 2.45) is 5.92 Å². The van der Waals surface area contributed by atoms with Crippen LogP contribution in [-0.2, 0) is 4.74 Å². The molecule has 1 amide bonds. The molecule has 2 unspecified atom stereocenters. The van der Waals surface area contributed by atoms with E-state index < -0.39 is 5.82 Å². The molecule has 112 valence electrons. The highest BCUT2D eigenvalue weighted by Gasteiger charge is 2.24. The Kier molecular flexibility index (Phi) is 5.32. The van der Waals surface area contributed by atoms with Crippen LogP contribution in [0.5, 0.6) is 0 Å². The lowest BCUT2D eigenvalue weighted by atomic mass is 10.0. The summed E-state index contributed by atoms with van der Waals surface area (Å²) in [5.41, 5.74) is 0.422. The Balaban J connectivity index is 2.03. The maximum Gasteiger partial charge on any atom is 0.251 e. The fourth-order valence-corrected chi connectivity index (χ4v) is 2.25. The van der Waals surface area contributed by atoms with Crippen LogP contribution in [-0.4, -0.2) is 36.9 Å². The number of hydrogen-bond donors (Lipinski definition) is 2. The number of aliphatic hydroxyl groups excluding tert-OH is 1. The first-order chi connectivity index (χ1) is 10.1. The first kappa shape index (κ1) is 15.5. The van der Waals surface area contributed by atoms with E-state index in [0.29, 0.717) is 12.5 Å². The van der Waals surface area contributed by atoms with Crippen molar-refractivity contribution in [3.8, 4) is 11.8 Å². The standard InChI is InChI=1S/C16H18FNO3/c1-11(14-6-8-21-10-14)18-16(20)13-5-4-12(3-2-7-19)15(17)9-13/h4-5,9,11,14,19H,6-8,10H2,1H3,(H,18,20). The van der Waals surface area contributed by atoms with Gasteiger partial charge in [-0.3, -0.25) is 4.79 Å². The van der Waals surface area contributed by atoms with Crippen LogP contribution in [0.4, 0.5) is 4.39 Å². The summed E-state index contributed by atoms with van der Waals surface area (Å²) in [6.07, 6.45) is 0.922. The van der Waals surface area contributed by atoms with Crippen molar-refractivity contribution >= 4 is 5.91 Å². The lowest BCUT2D eigenvalue weighted by Crippen LogP contribution is -2.38. The molecule has 1 fully saturated rings. The third-order valence-corrected chi connectivity index (χ3v) is 3.56. The molecule has 5 heteroatoms. The Morgan fingerprint density at radius 1 is 1.62 bits per heavy atom. The van der Waals surface area contributed by atoms with Crippen LogP contribution in [0.2, 0.25) is 0 Å². The van der Waals surface area contributed by atoms with Gasteiger partial charge < -0.3 is 15.2 Å². The van der Waals surface area contributed by atoms with Gasteiger partial charge in [-0.05, 0) is 31.5 Å². The van der Waals surface area contributed by atoms with Gasteiger partial charge >= 0.3 is 0 Å². The third kappa shape index (κ3) is 4.03. The van der Waals surface area contributed by atoms with E-state index in [4.69, 9.17) is 9.84 Å². The minimum atomic E-state index is -0.569. The average Bonchev–Trinajstić information content (AvgIpc) is 3.00. The second kappa shape index (κ2) is 7.21. The number of aliphatic hydroxyl groups is 1. The molecule has 2 atom stereocenters. The van der Waals surface area contributed by atoms with E-state index in [2.05, 4.69) is 17.2 Å². The van der Waals surface area contributed by atoms with E-state index in [1.165, 1.54) is 12.1 Å². The summed E-state index contributed by atoms with van der Waals surface area (Å²) < 4.78 is 19.1. The summed E-state index contributed by atoms with van der Waals surface area (Å²) in [4.78, 5) is 12.1. The van der Waals surface area contributed by atoms with Gasteiger partial charge in [0.2, 0.25) is 0 Å². The Morgan fingerprint density at radius 3 is 3.05 bits per heavy atom. The monoisotopic (exact) mass is 291 g/mol. The maximum absolute atomic E-state index is 13.8. The van der Waals surface area contributed by atoms with Gasteiger partial charge in [-0.25, -0.2) is 4.39 Å². The van der Waals surface area contributed by atoms with Gasteiger partial charge in [-0.2, -0.15) is 0 Å². The van der Waals surface area contributed by atoms with Crippen molar-refractivity contribution in [3.05, 3.63) is 35.1 Å². The number of hydrogen-bond acceptors (Lipinski definition) is 3. The third-order valence-electron chi connectivity index (χ3n) is 3.56. The Hall–Kier alpha value is -1.90. The van der Waals surface area contributed by atoms with Crippen LogP contribution >= 0.6 is 0 Å². The molecule has 0 aliphatic carbocycles. The predicted octanol–water partition coefficient (Wildman–Crippen LogP) is 1.32. The van der Waals surface area contributed by atoms with Gasteiger partial charge in [0, 0.05) is 24.1 Å². The second-order valence-corrected chi connectivity index (χ2v) is 5.04. The molecule has 1 aliphatic heterocycles. The van der Waals surface area contributed by atoms with Crippen molar-refractivity contribution in [2.45, 2.75) is 19.4 Å². The lowest BCUT2D eigenvalue weighted by Gasteiger charge is -2.19. The number of halogens is 1. The Labute approximate surface area is 123 Å². The predicted molar refractivity (Wildman–Crippen MR) is 76.2 cm³/mol. The lowest BCUT2D eigenvalue weighted by molar-refractivity contribution is 0.0921. The summed E-state index contributed by atoms with van der Waals surface area (Å²) in [6, 6.07) is 4.11. The van der Waals surface area contributed by atoms with Crippen LogP contribution in [0, 0.1) is 23.6 Å². The summed E-state index contributed by atoms with van der Waals surface area (Å²) in [6.45, 7) is 2.96. The molecule has 1 saturated heterocycles. The molecule has 1 heterocycles. The topological polar surface area (TPSA) is 58.6 Å². The fourth-order valence-electron chi connectivity index (χ4n) is 2.25. The van der Waals surface area contributed by atoms with Crippen LogP contribution in [0.3, 0.4) is 0 Å². The quantitative estimate of drug-likeness (QED) is 0.826. The molecule has 0 saturated carbocycles. The SMILES string of the molecule is CC(NC(=O)c1ccc(C#CCO)c(F)c1)C1CCOC1. The van der Waals surface area contributed by atoms with Gasteiger partial charge in [0.1, 0.15) is 12.4 Å². The van der Waals surface area contributed by atoms with E-state index in [1.54, 1.807) is 0 Å². The summed E-state index contributed by atoms with van der Waals surface area (Å²) >= 11 is 0. The fraction of sp³-hybridized carbons (Fsp3) is 0.438. The number of benzene rings is 1. The molecule has 1 aromatic carbocycles. The van der Waals surface area contributed by atoms with E-state index in [-0.39, 0.29) is 29.7 Å². The molecular formula is C16H18FNO3. The van der Waals surface area contributed by atoms with E-state index in [9.17, 15) is 9.18 Å². The zero-order valence-electron chi connectivity index (χ0n) is 11.9. The summed E-state index contributed by atoms with van der Waals surface area (Å²) in [7, 11) is 0. The van der Waals surface area contributed by atoms with Crippen molar-refractivity contribution in [1.29, 1.82) is 0 Å². The molecule has 2 N–H and O–H groups in total. The smallest absolute Gasteiger partial charge is 0.251 e. The zero-order valence-corrected chi connectivity index (χ0v) is 11.9. The van der Waals surface area contributed by atoms with Gasteiger partial charge in [-0.1, -0.05) is 11.8 Å². The Morgan fingerprint density at radius 2 is 2.43 bits per heavy atom. The minimum Gasteiger partial charge on any atom is -0.384 e. The van der Waals surface area contributed by atoms with E-state index in [1.807, 2.05) is 6.92 Å². The largest absolute Gasteiger partial charge is 0.384 e. The first-order valence-corrected chi connectivity index (χ1v) is 6.89. The molecule has 0 spiro atoms. The zero-order chi connectivity index (χ0) is 15.2. The highest BCUT2D eigenvalue weighted by molar-refractivity contribution is 5.94. The summed E-state index contributed by atoms with van der Waals surface area (Å²) in [5.74, 6) is 4.29. The van der Waals surface area contributed by atoms with E-state index >= 15 is 0 Å². The molecule has 21 heavy (non-hydrogen) atoms. The van der Waals surface area contributed by atoms with Crippen molar-refractivity contribution < 1.29 is 19.0 Å². The number of carbonyl (C=O) groups is 1. The van der Waals surface area contributed by atoms with Crippen LogP contribution in [0.15, 0.2) is 18.2 Å². The maximum atomic E-state index is 13.8. The minimum absolute atomic E-state index is 0.0167. The highest BCUT2D eigenvalue weighted by Crippen LogP contribution is 2.17. The molecule has 0 radical (unpaired) electrons. The number of rotatable bonds is 3. The van der Waals surface area contributed by atoms with Gasteiger partial charge in [0.05, 0.1) is 12.2 Å². The summed E-state index contributed by atoms with van der Waals surface area (Å²) in [5, 5.41) is 11.5. The number of amides is 1. The van der Waals surface area contributed by atoms with Gasteiger partial charge in [-0.15, -0.1) is 0 Å². The van der Waals surface area contributed by atoms with Crippen LogP contribution < -0.4 is 5.32 Å². The van der Waals surface area contributed by atoms with Gasteiger partial charge in [0.15, 0.2) is 0 Å². The van der Waals surface area contributed by atoms with Crippen LogP contribution in [0.1, 0.15) is 29.3 Å². The van der Waals surface area contributed by atoms with Crippen LogP contribution in [0.25, 0.3) is 0 Å². The Bertz CT molecular complexity index is 571. The molecular weight excluding hydrogens is 273 g/mol. The number of carbonyl (C=O) groups excluding carboxylic acids is 1. The highest BCUT2D eigenvalue weighted by atomic mass is 19.1. The number of ether oxygens (including phenoxy) is 1. The van der Waals surface area contributed by atoms with E-state index in [0.717, 1.165) is 19.1 Å². The molecule has 0 aromatic heterocycles. The second-order valence-electron chi connectivity index (χ2n) is 5.04.